The van der Waals surface area contributed by atoms with Crippen molar-refractivity contribution in [3.05, 3.63) is 12.2 Å². The Labute approximate surface area is 111 Å². The average molecular weight is 240 g/mol. The lowest BCUT2D eigenvalue weighted by Gasteiger charge is -2.16. The monoisotopic (exact) mass is 240 g/mol. The van der Waals surface area contributed by atoms with Gasteiger partial charge >= 0.3 is 0 Å². The van der Waals surface area contributed by atoms with E-state index in [9.17, 15) is 0 Å². The topological polar surface area (TPSA) is 0 Å². The lowest BCUT2D eigenvalue weighted by atomic mass is 9.90. The highest BCUT2D eigenvalue weighted by molar-refractivity contribution is 4.86. The smallest absolute Gasteiger partial charge is 0.0326 e. The van der Waals surface area contributed by atoms with Gasteiger partial charge in [0, 0.05) is 0 Å². The second kappa shape index (κ2) is 13.8. The van der Waals surface area contributed by atoms with E-state index < -0.39 is 0 Å². The third kappa shape index (κ3) is 15.7. The molecule has 104 valence electrons. The Bertz CT molecular complexity index is 153. The van der Waals surface area contributed by atoms with Gasteiger partial charge in [0.05, 0.1) is 0 Å². The fourth-order valence-electron chi connectivity index (χ4n) is 1.84. The highest BCUT2D eigenvalue weighted by Crippen LogP contribution is 2.20. The molecule has 0 aliphatic rings. The molecule has 0 N–H and O–H groups in total. The van der Waals surface area contributed by atoms with Gasteiger partial charge < -0.3 is 0 Å². The van der Waals surface area contributed by atoms with Crippen LogP contribution in [0.1, 0.15) is 86.5 Å². The first-order chi connectivity index (χ1) is 8.01. The van der Waals surface area contributed by atoms with Crippen molar-refractivity contribution in [1.82, 2.24) is 0 Å². The molecule has 0 aliphatic heterocycles. The minimum absolute atomic E-state index is 0.935. The lowest BCUT2D eigenvalue weighted by molar-refractivity contribution is 0.364. The Morgan fingerprint density at radius 2 is 1.53 bits per heavy atom. The number of allylic oxidation sites excluding steroid dienone is 1. The van der Waals surface area contributed by atoms with Crippen LogP contribution >= 0.6 is 0 Å². The van der Waals surface area contributed by atoms with Gasteiger partial charge in [-0.1, -0.05) is 65.9 Å². The molecule has 0 heterocycles. The highest BCUT2D eigenvalue weighted by atomic mass is 14.1. The van der Waals surface area contributed by atoms with Gasteiger partial charge in [-0.25, -0.2) is 0 Å². The van der Waals surface area contributed by atoms with Gasteiger partial charge in [0.15, 0.2) is 0 Å². The summed E-state index contributed by atoms with van der Waals surface area (Å²) in [5.74, 6) is 1.92. The molecule has 0 amide bonds. The SMILES string of the molecule is C=C(C)CCCC.CCC(C)CC(CC)CC. The van der Waals surface area contributed by atoms with Crippen LogP contribution in [0.15, 0.2) is 12.2 Å². The predicted molar refractivity (Wildman–Crippen MR) is 82.5 cm³/mol. The molecule has 0 aromatic heterocycles. The summed E-state index contributed by atoms with van der Waals surface area (Å²) < 4.78 is 0. The average Bonchev–Trinajstić information content (AvgIpc) is 2.33. The molecule has 0 bridgehead atoms. The highest BCUT2D eigenvalue weighted by Gasteiger charge is 2.07. The van der Waals surface area contributed by atoms with Crippen LogP contribution in [0.2, 0.25) is 0 Å². The second-order valence-corrected chi connectivity index (χ2v) is 5.49. The van der Waals surface area contributed by atoms with Crippen molar-refractivity contribution < 1.29 is 0 Å². The fourth-order valence-corrected chi connectivity index (χ4v) is 1.84. The van der Waals surface area contributed by atoms with Crippen molar-refractivity contribution in [3.63, 3.8) is 0 Å². The molecule has 0 aliphatic carbocycles. The largest absolute Gasteiger partial charge is 0.100 e. The van der Waals surface area contributed by atoms with Gasteiger partial charge in [-0.2, -0.15) is 0 Å². The Balaban J connectivity index is 0. The Morgan fingerprint density at radius 1 is 1.00 bits per heavy atom. The Kier molecular flexibility index (Phi) is 15.5. The molecule has 0 nitrogen and oxygen atoms in total. The fraction of sp³-hybridized carbons (Fsp3) is 0.882. The summed E-state index contributed by atoms with van der Waals surface area (Å²) in [6.45, 7) is 17.3. The van der Waals surface area contributed by atoms with Crippen LogP contribution in [0.3, 0.4) is 0 Å². The van der Waals surface area contributed by atoms with Crippen molar-refractivity contribution in [3.8, 4) is 0 Å². The number of hydrogen-bond acceptors (Lipinski definition) is 0. The van der Waals surface area contributed by atoms with E-state index >= 15 is 0 Å². The van der Waals surface area contributed by atoms with E-state index in [0.29, 0.717) is 0 Å². The number of rotatable bonds is 8. The molecule has 0 radical (unpaired) electrons. The standard InChI is InChI=1S/C10H22.C7H14/c1-5-9(4)8-10(6-2)7-3;1-4-5-6-7(2)3/h9-10H,5-8H2,1-4H3;2,4-6H2,1,3H3. The minimum Gasteiger partial charge on any atom is -0.100 e. The Morgan fingerprint density at radius 3 is 1.76 bits per heavy atom. The minimum atomic E-state index is 0.935. The van der Waals surface area contributed by atoms with Crippen LogP contribution in [-0.4, -0.2) is 0 Å². The molecule has 0 aromatic carbocycles. The third-order valence-corrected chi connectivity index (χ3v) is 3.54. The first-order valence-electron chi connectivity index (χ1n) is 7.65. The molecule has 0 aromatic rings. The molecule has 0 saturated heterocycles. The zero-order chi connectivity index (χ0) is 13.7. The summed E-state index contributed by atoms with van der Waals surface area (Å²) in [4.78, 5) is 0. The van der Waals surface area contributed by atoms with Crippen molar-refractivity contribution in [2.75, 3.05) is 0 Å². The van der Waals surface area contributed by atoms with Crippen LogP contribution < -0.4 is 0 Å². The van der Waals surface area contributed by atoms with Gasteiger partial charge in [0.25, 0.3) is 0 Å². The maximum atomic E-state index is 3.79. The number of unbranched alkanes of at least 4 members (excludes halogenated alkanes) is 1. The van der Waals surface area contributed by atoms with E-state index in [2.05, 4.69) is 48.1 Å². The van der Waals surface area contributed by atoms with Crippen molar-refractivity contribution in [1.29, 1.82) is 0 Å². The number of hydrogen-bond donors (Lipinski definition) is 0. The summed E-state index contributed by atoms with van der Waals surface area (Å²) in [5.41, 5.74) is 1.31. The van der Waals surface area contributed by atoms with Crippen LogP contribution in [0.4, 0.5) is 0 Å². The summed E-state index contributed by atoms with van der Waals surface area (Å²) in [6.07, 6.45) is 9.29. The summed E-state index contributed by atoms with van der Waals surface area (Å²) >= 11 is 0. The van der Waals surface area contributed by atoms with Crippen LogP contribution in [0, 0.1) is 11.8 Å². The van der Waals surface area contributed by atoms with E-state index in [-0.39, 0.29) is 0 Å². The first-order valence-corrected chi connectivity index (χ1v) is 7.65. The molecule has 0 saturated carbocycles. The van der Waals surface area contributed by atoms with Crippen LogP contribution in [0.5, 0.6) is 0 Å². The predicted octanol–water partition coefficient (Wildman–Crippen LogP) is 6.61. The maximum absolute atomic E-state index is 3.79. The zero-order valence-electron chi connectivity index (χ0n) is 13.3. The molecule has 0 rings (SSSR count). The molecule has 1 unspecified atom stereocenters. The maximum Gasteiger partial charge on any atom is -0.0326 e. The quantitative estimate of drug-likeness (QED) is 0.419. The van der Waals surface area contributed by atoms with E-state index in [1.54, 1.807) is 0 Å². The normalized spacial score (nSPS) is 11.9. The molecular formula is C17H36. The van der Waals surface area contributed by atoms with Gasteiger partial charge in [-0.05, 0) is 38.0 Å². The zero-order valence-corrected chi connectivity index (χ0v) is 13.3. The molecule has 17 heavy (non-hydrogen) atoms. The summed E-state index contributed by atoms with van der Waals surface area (Å²) in [5, 5.41) is 0. The van der Waals surface area contributed by atoms with Crippen molar-refractivity contribution in [2.45, 2.75) is 86.5 Å². The molecule has 0 fully saturated rings. The van der Waals surface area contributed by atoms with E-state index in [0.717, 1.165) is 11.8 Å². The van der Waals surface area contributed by atoms with Crippen molar-refractivity contribution in [2.24, 2.45) is 11.8 Å². The first kappa shape index (κ1) is 19.1. The van der Waals surface area contributed by atoms with Crippen molar-refractivity contribution >= 4 is 0 Å². The molecule has 1 atom stereocenters. The lowest BCUT2D eigenvalue weighted by Crippen LogP contribution is -2.03. The van der Waals surface area contributed by atoms with E-state index in [1.165, 1.54) is 50.5 Å². The van der Waals surface area contributed by atoms with Gasteiger partial charge in [0.2, 0.25) is 0 Å². The van der Waals surface area contributed by atoms with E-state index in [1.807, 2.05) is 0 Å². The summed E-state index contributed by atoms with van der Waals surface area (Å²) in [7, 11) is 0. The van der Waals surface area contributed by atoms with E-state index in [4.69, 9.17) is 0 Å². The summed E-state index contributed by atoms with van der Waals surface area (Å²) in [6, 6.07) is 0. The van der Waals surface area contributed by atoms with Gasteiger partial charge in [0.1, 0.15) is 0 Å². The molecule has 0 spiro atoms. The van der Waals surface area contributed by atoms with Crippen LogP contribution in [0.25, 0.3) is 0 Å². The van der Waals surface area contributed by atoms with Gasteiger partial charge in [-0.3, -0.25) is 0 Å². The molecule has 0 heteroatoms. The second-order valence-electron chi connectivity index (χ2n) is 5.49. The Hall–Kier alpha value is -0.260. The van der Waals surface area contributed by atoms with Gasteiger partial charge in [-0.15, -0.1) is 6.58 Å². The van der Waals surface area contributed by atoms with Crippen LogP contribution in [-0.2, 0) is 0 Å². The molecular weight excluding hydrogens is 204 g/mol. The third-order valence-electron chi connectivity index (χ3n) is 3.54.